The molecular formula is C9H13K. The van der Waals surface area contributed by atoms with Crippen LogP contribution in [-0.2, 0) is 0 Å². The van der Waals surface area contributed by atoms with Crippen LogP contribution in [-0.4, -0.2) is 51.4 Å². The van der Waals surface area contributed by atoms with Crippen molar-refractivity contribution in [2.24, 2.45) is 0 Å². The van der Waals surface area contributed by atoms with E-state index in [0.29, 0.717) is 5.92 Å². The molecule has 0 saturated heterocycles. The molecule has 0 spiro atoms. The van der Waals surface area contributed by atoms with Crippen molar-refractivity contribution in [3.63, 3.8) is 0 Å². The molecule has 1 aromatic rings. The second-order valence-corrected chi connectivity index (χ2v) is 2.57. The zero-order chi connectivity index (χ0) is 6.69. The van der Waals surface area contributed by atoms with Crippen LogP contribution in [0.15, 0.2) is 30.3 Å². The number of hydrogen-bond acceptors (Lipinski definition) is 0. The van der Waals surface area contributed by atoms with Gasteiger partial charge in [-0.25, -0.2) is 0 Å². The van der Waals surface area contributed by atoms with Gasteiger partial charge in [-0.05, 0) is 11.5 Å². The number of rotatable bonds is 1. The molecule has 0 radical (unpaired) electrons. The normalized spacial score (nSPS) is 9.10. The Morgan fingerprint density at radius 3 is 1.80 bits per heavy atom. The standard InChI is InChI=1S/C9H12.K.H/c1-8(2)9-6-4-3-5-7-9;;/h3-8H,1-2H3;;. The average Bonchev–Trinajstić information content (AvgIpc) is 1.90. The van der Waals surface area contributed by atoms with Crippen LogP contribution in [0, 0.1) is 0 Å². The van der Waals surface area contributed by atoms with Crippen molar-refractivity contribution < 1.29 is 0 Å². The molecule has 1 heteroatoms. The van der Waals surface area contributed by atoms with Crippen LogP contribution in [0.2, 0.25) is 0 Å². The van der Waals surface area contributed by atoms with Gasteiger partial charge in [-0.1, -0.05) is 44.2 Å². The van der Waals surface area contributed by atoms with Gasteiger partial charge >= 0.3 is 51.4 Å². The van der Waals surface area contributed by atoms with Crippen LogP contribution in [0.4, 0.5) is 0 Å². The van der Waals surface area contributed by atoms with Gasteiger partial charge < -0.3 is 0 Å². The first-order chi connectivity index (χ1) is 4.30. The van der Waals surface area contributed by atoms with Gasteiger partial charge in [-0.2, -0.15) is 0 Å². The Labute approximate surface area is 105 Å². The van der Waals surface area contributed by atoms with E-state index in [9.17, 15) is 0 Å². The molecule has 0 atom stereocenters. The predicted octanol–water partition coefficient (Wildman–Crippen LogP) is 2.16. The van der Waals surface area contributed by atoms with Gasteiger partial charge in [0.25, 0.3) is 0 Å². The van der Waals surface area contributed by atoms with Crippen molar-refractivity contribution in [3.05, 3.63) is 35.9 Å². The van der Waals surface area contributed by atoms with E-state index < -0.39 is 0 Å². The van der Waals surface area contributed by atoms with Crippen LogP contribution >= 0.6 is 0 Å². The molecule has 0 fully saturated rings. The van der Waals surface area contributed by atoms with E-state index in [4.69, 9.17) is 0 Å². The first-order valence-corrected chi connectivity index (χ1v) is 3.35. The Kier molecular flexibility index (Phi) is 5.97. The summed E-state index contributed by atoms with van der Waals surface area (Å²) in [6, 6.07) is 10.5. The molecule has 0 aliphatic heterocycles. The van der Waals surface area contributed by atoms with Crippen LogP contribution in [0.1, 0.15) is 25.3 Å². The predicted molar refractivity (Wildman–Crippen MR) is 47.7 cm³/mol. The van der Waals surface area contributed by atoms with E-state index in [1.54, 1.807) is 0 Å². The Balaban J connectivity index is 0.000000810. The fraction of sp³-hybridized carbons (Fsp3) is 0.333. The van der Waals surface area contributed by atoms with Gasteiger partial charge in [0.1, 0.15) is 0 Å². The quantitative estimate of drug-likeness (QED) is 0.552. The maximum absolute atomic E-state index is 2.20. The second-order valence-electron chi connectivity index (χ2n) is 2.57. The molecule has 1 rings (SSSR count). The summed E-state index contributed by atoms with van der Waals surface area (Å²) in [5, 5.41) is 0. The molecule has 0 saturated carbocycles. The summed E-state index contributed by atoms with van der Waals surface area (Å²) in [6.07, 6.45) is 0. The number of hydrogen-bond donors (Lipinski definition) is 0. The fourth-order valence-electron chi connectivity index (χ4n) is 0.838. The monoisotopic (exact) mass is 160 g/mol. The zero-order valence-corrected chi connectivity index (χ0v) is 5.96. The summed E-state index contributed by atoms with van der Waals surface area (Å²) in [6.45, 7) is 4.41. The van der Waals surface area contributed by atoms with Gasteiger partial charge in [-0.3, -0.25) is 0 Å². The third kappa shape index (κ3) is 3.31. The van der Waals surface area contributed by atoms with E-state index in [1.165, 1.54) is 5.56 Å². The molecule has 0 amide bonds. The molecule has 0 aliphatic carbocycles. The van der Waals surface area contributed by atoms with Gasteiger partial charge in [0.2, 0.25) is 0 Å². The van der Waals surface area contributed by atoms with Crippen LogP contribution in [0.3, 0.4) is 0 Å². The third-order valence-electron chi connectivity index (χ3n) is 1.47. The van der Waals surface area contributed by atoms with Crippen molar-refractivity contribution in [2.45, 2.75) is 19.8 Å². The minimum absolute atomic E-state index is 0. The SMILES string of the molecule is CC(C)c1ccccc1.[KH]. The van der Waals surface area contributed by atoms with E-state index in [1.807, 2.05) is 6.07 Å². The van der Waals surface area contributed by atoms with Crippen LogP contribution < -0.4 is 0 Å². The van der Waals surface area contributed by atoms with E-state index in [2.05, 4.69) is 38.1 Å². The van der Waals surface area contributed by atoms with E-state index in [0.717, 1.165) is 0 Å². The molecule has 0 aromatic heterocycles. The van der Waals surface area contributed by atoms with Crippen molar-refractivity contribution in [2.75, 3.05) is 0 Å². The third-order valence-corrected chi connectivity index (χ3v) is 1.47. The minimum atomic E-state index is 0. The Bertz CT molecular complexity index is 167. The molecule has 0 unspecified atom stereocenters. The molecule has 50 valence electrons. The van der Waals surface area contributed by atoms with Crippen LogP contribution in [0.25, 0.3) is 0 Å². The fourth-order valence-corrected chi connectivity index (χ4v) is 0.838. The molecule has 1 aromatic carbocycles. The molecule has 0 N–H and O–H groups in total. The average molecular weight is 160 g/mol. The van der Waals surface area contributed by atoms with Gasteiger partial charge in [-0.15, -0.1) is 0 Å². The molecule has 0 bridgehead atoms. The Morgan fingerprint density at radius 2 is 1.50 bits per heavy atom. The van der Waals surface area contributed by atoms with Gasteiger partial charge in [0.05, 0.1) is 0 Å². The van der Waals surface area contributed by atoms with Crippen molar-refractivity contribution in [3.8, 4) is 0 Å². The summed E-state index contributed by atoms with van der Waals surface area (Å²) in [5.74, 6) is 0.659. The maximum atomic E-state index is 2.20. The van der Waals surface area contributed by atoms with Crippen molar-refractivity contribution in [1.82, 2.24) is 0 Å². The van der Waals surface area contributed by atoms with E-state index in [-0.39, 0.29) is 51.4 Å². The molecule has 0 aliphatic rings. The second kappa shape index (κ2) is 5.50. The Morgan fingerprint density at radius 1 is 1.00 bits per heavy atom. The van der Waals surface area contributed by atoms with E-state index >= 15 is 0 Å². The zero-order valence-electron chi connectivity index (χ0n) is 5.96. The summed E-state index contributed by atoms with van der Waals surface area (Å²) >= 11 is 0. The summed E-state index contributed by atoms with van der Waals surface area (Å²) in [7, 11) is 0. The first-order valence-electron chi connectivity index (χ1n) is 3.35. The first kappa shape index (κ1) is 10.9. The number of benzene rings is 1. The topological polar surface area (TPSA) is 0 Å². The van der Waals surface area contributed by atoms with Crippen LogP contribution in [0.5, 0.6) is 0 Å². The van der Waals surface area contributed by atoms with Crippen molar-refractivity contribution in [1.29, 1.82) is 0 Å². The Hall–Kier alpha value is 0.856. The summed E-state index contributed by atoms with van der Waals surface area (Å²) in [4.78, 5) is 0. The molecule has 10 heavy (non-hydrogen) atoms. The van der Waals surface area contributed by atoms with Crippen molar-refractivity contribution >= 4 is 51.4 Å². The summed E-state index contributed by atoms with van der Waals surface area (Å²) < 4.78 is 0. The van der Waals surface area contributed by atoms with Gasteiger partial charge in [0.15, 0.2) is 0 Å². The molecular weight excluding hydrogens is 147 g/mol. The van der Waals surface area contributed by atoms with Gasteiger partial charge in [0, 0.05) is 0 Å². The molecule has 0 nitrogen and oxygen atoms in total. The summed E-state index contributed by atoms with van der Waals surface area (Å²) in [5.41, 5.74) is 1.41. The molecule has 0 heterocycles.